The first kappa shape index (κ1) is 23.4. The molecule has 1 fully saturated rings. The Labute approximate surface area is 191 Å². The maximum atomic E-state index is 12.6. The van der Waals surface area contributed by atoms with Crippen LogP contribution in [0.4, 0.5) is 5.69 Å². The number of hydrogen-bond acceptors (Lipinski definition) is 5. The number of sulfonamides is 1. The van der Waals surface area contributed by atoms with Gasteiger partial charge in [0.15, 0.2) is 0 Å². The van der Waals surface area contributed by atoms with E-state index >= 15 is 0 Å². The quantitative estimate of drug-likeness (QED) is 0.645. The van der Waals surface area contributed by atoms with Gasteiger partial charge in [-0.1, -0.05) is 15.9 Å². The van der Waals surface area contributed by atoms with Crippen molar-refractivity contribution in [2.75, 3.05) is 52.1 Å². The minimum Gasteiger partial charge on any atom is -0.336 e. The number of halogens is 1. The van der Waals surface area contributed by atoms with Crippen LogP contribution in [0.5, 0.6) is 0 Å². The zero-order chi connectivity index (χ0) is 22.6. The van der Waals surface area contributed by atoms with Gasteiger partial charge in [-0.05, 0) is 55.6 Å². The predicted octanol–water partition coefficient (Wildman–Crippen LogP) is 2.10. The third-order valence-electron chi connectivity index (χ3n) is 5.09. The highest BCUT2D eigenvalue weighted by Gasteiger charge is 2.23. The van der Waals surface area contributed by atoms with Gasteiger partial charge in [0, 0.05) is 49.0 Å². The van der Waals surface area contributed by atoms with Crippen molar-refractivity contribution in [3.63, 3.8) is 0 Å². The normalized spacial score (nSPS) is 15.2. The van der Waals surface area contributed by atoms with Crippen molar-refractivity contribution in [2.24, 2.45) is 0 Å². The molecule has 0 radical (unpaired) electrons. The Hall–Kier alpha value is -2.27. The highest BCUT2D eigenvalue weighted by Crippen LogP contribution is 2.18. The van der Waals surface area contributed by atoms with Crippen LogP contribution in [0.2, 0.25) is 0 Å². The SMILES string of the molecule is CN1CCN(C(=O)c2ccc(NC(=O)CN(C)S(=O)(=O)c3ccc(Br)cc3)cc2)CC1. The first-order chi connectivity index (χ1) is 14.7. The molecule has 1 saturated heterocycles. The first-order valence-electron chi connectivity index (χ1n) is 9.76. The lowest BCUT2D eigenvalue weighted by Gasteiger charge is -2.32. The van der Waals surface area contributed by atoms with Crippen LogP contribution < -0.4 is 5.32 Å². The molecule has 166 valence electrons. The number of amides is 2. The summed E-state index contributed by atoms with van der Waals surface area (Å²) in [5, 5.41) is 2.67. The van der Waals surface area contributed by atoms with Crippen molar-refractivity contribution < 1.29 is 18.0 Å². The summed E-state index contributed by atoms with van der Waals surface area (Å²) in [7, 11) is -0.395. The van der Waals surface area contributed by atoms with E-state index in [4.69, 9.17) is 0 Å². The minimum atomic E-state index is -3.78. The summed E-state index contributed by atoms with van der Waals surface area (Å²) in [6, 6.07) is 12.8. The maximum absolute atomic E-state index is 12.6. The summed E-state index contributed by atoms with van der Waals surface area (Å²) in [5.74, 6) is -0.507. The zero-order valence-corrected chi connectivity index (χ0v) is 19.8. The molecule has 2 aromatic carbocycles. The van der Waals surface area contributed by atoms with Gasteiger partial charge < -0.3 is 15.1 Å². The second kappa shape index (κ2) is 9.90. The number of carbonyl (C=O) groups is 2. The van der Waals surface area contributed by atoms with E-state index < -0.39 is 15.9 Å². The van der Waals surface area contributed by atoms with E-state index in [0.29, 0.717) is 24.3 Å². The molecule has 1 N–H and O–H groups in total. The molecule has 0 saturated carbocycles. The van der Waals surface area contributed by atoms with E-state index in [-0.39, 0.29) is 17.3 Å². The molecule has 2 aromatic rings. The van der Waals surface area contributed by atoms with Crippen LogP contribution >= 0.6 is 15.9 Å². The van der Waals surface area contributed by atoms with Crippen molar-refractivity contribution in [3.8, 4) is 0 Å². The molecule has 0 unspecified atom stereocenters. The van der Waals surface area contributed by atoms with Crippen LogP contribution in [0.1, 0.15) is 10.4 Å². The summed E-state index contributed by atoms with van der Waals surface area (Å²) in [6.45, 7) is 2.73. The lowest BCUT2D eigenvalue weighted by Crippen LogP contribution is -2.47. The Morgan fingerprint density at radius 3 is 2.16 bits per heavy atom. The van der Waals surface area contributed by atoms with E-state index in [2.05, 4.69) is 26.1 Å². The third-order valence-corrected chi connectivity index (χ3v) is 7.44. The summed E-state index contributed by atoms with van der Waals surface area (Å²) in [6.07, 6.45) is 0. The molecule has 0 aromatic heterocycles. The van der Waals surface area contributed by atoms with Gasteiger partial charge in [-0.25, -0.2) is 8.42 Å². The lowest BCUT2D eigenvalue weighted by molar-refractivity contribution is -0.116. The summed E-state index contributed by atoms with van der Waals surface area (Å²) < 4.78 is 27.0. The Kier molecular flexibility index (Phi) is 7.47. The molecule has 1 aliphatic heterocycles. The van der Waals surface area contributed by atoms with Gasteiger partial charge in [0.05, 0.1) is 11.4 Å². The summed E-state index contributed by atoms with van der Waals surface area (Å²) in [5.41, 5.74) is 1.05. The first-order valence-corrected chi connectivity index (χ1v) is 12.0. The summed E-state index contributed by atoms with van der Waals surface area (Å²) >= 11 is 3.27. The molecule has 0 atom stereocenters. The number of hydrogen-bond donors (Lipinski definition) is 1. The average molecular weight is 509 g/mol. The maximum Gasteiger partial charge on any atom is 0.253 e. The van der Waals surface area contributed by atoms with Crippen molar-refractivity contribution in [2.45, 2.75) is 4.90 Å². The Morgan fingerprint density at radius 2 is 1.58 bits per heavy atom. The summed E-state index contributed by atoms with van der Waals surface area (Å²) in [4.78, 5) is 29.0. The van der Waals surface area contributed by atoms with Gasteiger partial charge in [0.1, 0.15) is 0 Å². The van der Waals surface area contributed by atoms with E-state index in [9.17, 15) is 18.0 Å². The molecule has 0 bridgehead atoms. The molecule has 0 spiro atoms. The number of carbonyl (C=O) groups excluding carboxylic acids is 2. The molecule has 2 amide bonds. The number of anilines is 1. The molecular weight excluding hydrogens is 484 g/mol. The van der Waals surface area contributed by atoms with Crippen LogP contribution in [0.25, 0.3) is 0 Å². The van der Waals surface area contributed by atoms with Crippen molar-refractivity contribution >= 4 is 43.5 Å². The Morgan fingerprint density at radius 1 is 1.00 bits per heavy atom. The van der Waals surface area contributed by atoms with Crippen LogP contribution in [0.15, 0.2) is 57.9 Å². The van der Waals surface area contributed by atoms with Gasteiger partial charge in [0.2, 0.25) is 15.9 Å². The fourth-order valence-corrected chi connectivity index (χ4v) is 4.55. The van der Waals surface area contributed by atoms with Crippen molar-refractivity contribution in [1.29, 1.82) is 0 Å². The standard InChI is InChI=1S/C21H25BrN4O4S/c1-24-11-13-26(14-12-24)21(28)16-3-7-18(8-4-16)23-20(27)15-25(2)31(29,30)19-9-5-17(22)6-10-19/h3-10H,11-15H2,1-2H3,(H,23,27). The number of nitrogens with one attached hydrogen (secondary N) is 1. The van der Waals surface area contributed by atoms with E-state index in [0.717, 1.165) is 21.9 Å². The average Bonchev–Trinajstić information content (AvgIpc) is 2.74. The second-order valence-electron chi connectivity index (χ2n) is 7.44. The van der Waals surface area contributed by atoms with E-state index in [1.54, 1.807) is 36.4 Å². The minimum absolute atomic E-state index is 0.0358. The van der Waals surface area contributed by atoms with Crippen LogP contribution in [0.3, 0.4) is 0 Å². The third kappa shape index (κ3) is 5.91. The molecule has 31 heavy (non-hydrogen) atoms. The Balaban J connectivity index is 1.58. The molecule has 10 heteroatoms. The molecular formula is C21H25BrN4O4S. The fourth-order valence-electron chi connectivity index (χ4n) is 3.16. The number of benzene rings is 2. The van der Waals surface area contributed by atoms with Crippen molar-refractivity contribution in [1.82, 2.24) is 14.1 Å². The van der Waals surface area contributed by atoms with Gasteiger partial charge in [-0.2, -0.15) is 4.31 Å². The topological polar surface area (TPSA) is 90.0 Å². The van der Waals surface area contributed by atoms with E-state index in [1.165, 1.54) is 19.2 Å². The smallest absolute Gasteiger partial charge is 0.253 e. The van der Waals surface area contributed by atoms with Crippen LogP contribution in [-0.4, -0.2) is 81.2 Å². The molecule has 8 nitrogen and oxygen atoms in total. The van der Waals surface area contributed by atoms with Crippen molar-refractivity contribution in [3.05, 3.63) is 58.6 Å². The number of likely N-dealkylation sites (N-methyl/N-ethyl adjacent to an activating group) is 2. The lowest BCUT2D eigenvalue weighted by atomic mass is 10.1. The van der Waals surface area contributed by atoms with Gasteiger partial charge in [0.25, 0.3) is 5.91 Å². The largest absolute Gasteiger partial charge is 0.336 e. The van der Waals surface area contributed by atoms with Gasteiger partial charge >= 0.3 is 0 Å². The van der Waals surface area contributed by atoms with Crippen LogP contribution in [0, 0.1) is 0 Å². The number of nitrogens with zero attached hydrogens (tertiary/aromatic N) is 3. The number of piperazine rings is 1. The van der Waals surface area contributed by atoms with E-state index in [1.807, 2.05) is 11.9 Å². The zero-order valence-electron chi connectivity index (χ0n) is 17.4. The van der Waals surface area contributed by atoms with Gasteiger partial charge in [-0.15, -0.1) is 0 Å². The molecule has 0 aliphatic carbocycles. The number of rotatable bonds is 6. The fraction of sp³-hybridized carbons (Fsp3) is 0.333. The molecule has 1 aliphatic rings. The Bertz CT molecular complexity index is 1030. The van der Waals surface area contributed by atoms with Crippen LogP contribution in [-0.2, 0) is 14.8 Å². The molecule has 1 heterocycles. The predicted molar refractivity (Wildman–Crippen MR) is 122 cm³/mol. The highest BCUT2D eigenvalue weighted by atomic mass is 79.9. The van der Waals surface area contributed by atoms with Gasteiger partial charge in [-0.3, -0.25) is 9.59 Å². The molecule has 3 rings (SSSR count). The monoisotopic (exact) mass is 508 g/mol. The highest BCUT2D eigenvalue weighted by molar-refractivity contribution is 9.10. The second-order valence-corrected chi connectivity index (χ2v) is 10.4.